The molecule has 0 spiro atoms. The summed E-state index contributed by atoms with van der Waals surface area (Å²) in [5.41, 5.74) is 1.10. The molecule has 1 heterocycles. The average molecular weight is 435 g/mol. The molecule has 31 heavy (non-hydrogen) atoms. The number of allylic oxidation sites excluding steroid dienone is 3. The summed E-state index contributed by atoms with van der Waals surface area (Å²) in [6, 6.07) is 0. The van der Waals surface area contributed by atoms with Gasteiger partial charge in [0.05, 0.1) is 5.92 Å². The van der Waals surface area contributed by atoms with Crippen molar-refractivity contribution in [2.24, 2.45) is 11.8 Å². The number of rotatable bonds is 8. The number of nitrogens with zero attached hydrogens (tertiary/aromatic N) is 2. The van der Waals surface area contributed by atoms with E-state index >= 15 is 0 Å². The number of piperidine rings is 1. The Kier molecular flexibility index (Phi) is 8.89. The molecule has 0 aliphatic carbocycles. The van der Waals surface area contributed by atoms with Crippen LogP contribution >= 0.6 is 0 Å². The molecular formula is C26H46N2O3. The van der Waals surface area contributed by atoms with Crippen LogP contribution in [-0.2, 0) is 9.59 Å². The Labute approximate surface area is 190 Å². The maximum absolute atomic E-state index is 13.4. The number of hydrogen-bond acceptors (Lipinski definition) is 4. The van der Waals surface area contributed by atoms with Gasteiger partial charge in [0, 0.05) is 30.1 Å². The van der Waals surface area contributed by atoms with Crippen molar-refractivity contribution in [3.05, 3.63) is 23.3 Å². The summed E-state index contributed by atoms with van der Waals surface area (Å²) in [6.07, 6.45) is 6.96. The van der Waals surface area contributed by atoms with Gasteiger partial charge in [0.2, 0.25) is 5.91 Å². The summed E-state index contributed by atoms with van der Waals surface area (Å²) < 4.78 is 0. The van der Waals surface area contributed by atoms with Crippen LogP contribution in [0.2, 0.25) is 0 Å². The van der Waals surface area contributed by atoms with Crippen molar-refractivity contribution in [3.8, 4) is 0 Å². The van der Waals surface area contributed by atoms with Crippen molar-refractivity contribution in [2.45, 2.75) is 112 Å². The number of amides is 1. The first-order valence-corrected chi connectivity index (χ1v) is 11.5. The van der Waals surface area contributed by atoms with Crippen molar-refractivity contribution in [2.75, 3.05) is 7.05 Å². The zero-order valence-electron chi connectivity index (χ0n) is 21.8. The third-order valence-electron chi connectivity index (χ3n) is 6.90. The second-order valence-electron chi connectivity index (χ2n) is 11.5. The number of carbonyl (C=O) groups excluding carboxylic acids is 2. The lowest BCUT2D eigenvalue weighted by Crippen LogP contribution is -2.67. The van der Waals surface area contributed by atoms with Gasteiger partial charge in [-0.25, -0.2) is 0 Å². The molecule has 0 saturated carbocycles. The molecule has 5 nitrogen and oxygen atoms in total. The zero-order valence-corrected chi connectivity index (χ0v) is 21.8. The van der Waals surface area contributed by atoms with Gasteiger partial charge in [-0.2, -0.15) is 5.06 Å². The normalized spacial score (nSPS) is 23.2. The van der Waals surface area contributed by atoms with Crippen LogP contribution in [-0.4, -0.2) is 50.5 Å². The number of hydroxylamine groups is 2. The van der Waals surface area contributed by atoms with E-state index in [-0.39, 0.29) is 23.1 Å². The van der Waals surface area contributed by atoms with Crippen LogP contribution in [0.25, 0.3) is 0 Å². The second kappa shape index (κ2) is 9.99. The monoisotopic (exact) mass is 434 g/mol. The fourth-order valence-corrected chi connectivity index (χ4v) is 5.45. The van der Waals surface area contributed by atoms with Gasteiger partial charge in [0.15, 0.2) is 0 Å². The molecule has 0 bridgehead atoms. The summed E-state index contributed by atoms with van der Waals surface area (Å²) in [4.78, 5) is 26.5. The van der Waals surface area contributed by atoms with Crippen molar-refractivity contribution < 1.29 is 14.8 Å². The molecule has 1 amide bonds. The molecule has 2 atom stereocenters. The number of hydrogen-bond donors (Lipinski definition) is 1. The standard InChI is InChI=1S/C26H46N2O3/c1-18(12-13-21(4)29)14-19(2)15-20(3)22(5)23(30)27(11)26(10)16-24(6,7)28(31)25(8,9)17-26/h12,15,19,22,31H,13-14,16-17H2,1-11H3/b18-12+,20-15?. The van der Waals surface area contributed by atoms with Crippen molar-refractivity contribution >= 4 is 11.7 Å². The Bertz CT molecular complexity index is 715. The predicted octanol–water partition coefficient (Wildman–Crippen LogP) is 5.78. The van der Waals surface area contributed by atoms with Crippen LogP contribution in [0, 0.1) is 11.8 Å². The predicted molar refractivity (Wildman–Crippen MR) is 128 cm³/mol. The summed E-state index contributed by atoms with van der Waals surface area (Å²) in [7, 11) is 1.91. The fraction of sp³-hybridized carbons (Fsp3) is 0.769. The highest BCUT2D eigenvalue weighted by Gasteiger charge is 2.52. The summed E-state index contributed by atoms with van der Waals surface area (Å²) in [6.45, 7) is 20.1. The first-order valence-electron chi connectivity index (χ1n) is 11.5. The van der Waals surface area contributed by atoms with Gasteiger partial charge in [-0.05, 0) is 87.5 Å². The van der Waals surface area contributed by atoms with Gasteiger partial charge >= 0.3 is 0 Å². The van der Waals surface area contributed by atoms with Crippen LogP contribution in [0.15, 0.2) is 23.3 Å². The number of Topliss-reactive ketones (excluding diaryl/α,β-unsaturated/α-hetero) is 1. The number of carbonyl (C=O) groups is 2. The third kappa shape index (κ3) is 7.01. The second-order valence-corrected chi connectivity index (χ2v) is 11.5. The molecule has 5 heteroatoms. The van der Waals surface area contributed by atoms with Crippen LogP contribution in [0.5, 0.6) is 0 Å². The maximum Gasteiger partial charge on any atom is 0.229 e. The van der Waals surface area contributed by atoms with E-state index in [4.69, 9.17) is 0 Å². The lowest BCUT2D eigenvalue weighted by Gasteiger charge is -2.58. The molecule has 0 aromatic rings. The van der Waals surface area contributed by atoms with Crippen LogP contribution in [0.1, 0.15) is 94.9 Å². The summed E-state index contributed by atoms with van der Waals surface area (Å²) in [5.74, 6) is 0.386. The van der Waals surface area contributed by atoms with Gasteiger partial charge in [-0.15, -0.1) is 0 Å². The van der Waals surface area contributed by atoms with E-state index in [0.29, 0.717) is 25.2 Å². The van der Waals surface area contributed by atoms with Gasteiger partial charge in [0.25, 0.3) is 0 Å². The molecule has 1 rings (SSSR count). The molecule has 1 fully saturated rings. The van der Waals surface area contributed by atoms with E-state index in [1.807, 2.05) is 59.6 Å². The van der Waals surface area contributed by atoms with Crippen LogP contribution in [0.4, 0.5) is 0 Å². The largest absolute Gasteiger partial charge is 0.340 e. The molecule has 1 aliphatic heterocycles. The van der Waals surface area contributed by atoms with E-state index in [9.17, 15) is 14.8 Å². The average Bonchev–Trinajstić information content (AvgIpc) is 2.61. The SMILES string of the molecule is CC(=O)C/C=C(\C)CC(C)C=C(C)C(C)C(=O)N(C)C1(C)CC(C)(C)N(O)C(C)(C)C1. The molecule has 178 valence electrons. The Morgan fingerprint density at radius 3 is 1.97 bits per heavy atom. The van der Waals surface area contributed by atoms with Gasteiger partial charge < -0.3 is 10.1 Å². The van der Waals surface area contributed by atoms with Crippen molar-refractivity contribution in [3.63, 3.8) is 0 Å². The Morgan fingerprint density at radius 1 is 1.03 bits per heavy atom. The topological polar surface area (TPSA) is 60.9 Å². The first kappa shape index (κ1) is 27.6. The van der Waals surface area contributed by atoms with Crippen LogP contribution < -0.4 is 0 Å². The molecule has 1 aliphatic rings. The lowest BCUT2D eigenvalue weighted by molar-refractivity contribution is -0.262. The van der Waals surface area contributed by atoms with E-state index < -0.39 is 11.1 Å². The molecule has 1 saturated heterocycles. The highest BCUT2D eigenvalue weighted by atomic mass is 16.5. The highest BCUT2D eigenvalue weighted by molar-refractivity contribution is 5.81. The first-order chi connectivity index (χ1) is 13.9. The van der Waals surface area contributed by atoms with E-state index in [1.165, 1.54) is 10.6 Å². The minimum atomic E-state index is -0.419. The van der Waals surface area contributed by atoms with E-state index in [2.05, 4.69) is 26.8 Å². The summed E-state index contributed by atoms with van der Waals surface area (Å²) >= 11 is 0. The fourth-order valence-electron chi connectivity index (χ4n) is 5.45. The smallest absolute Gasteiger partial charge is 0.229 e. The summed E-state index contributed by atoms with van der Waals surface area (Å²) in [5, 5.41) is 12.1. The zero-order chi connectivity index (χ0) is 24.4. The minimum Gasteiger partial charge on any atom is -0.340 e. The molecule has 0 aromatic heterocycles. The Balaban J connectivity index is 2.94. The molecular weight excluding hydrogens is 388 g/mol. The quantitative estimate of drug-likeness (QED) is 0.492. The maximum atomic E-state index is 13.4. The Morgan fingerprint density at radius 2 is 1.52 bits per heavy atom. The van der Waals surface area contributed by atoms with Gasteiger partial charge in [0.1, 0.15) is 5.78 Å². The molecule has 1 N–H and O–H groups in total. The van der Waals surface area contributed by atoms with Crippen LogP contribution in [0.3, 0.4) is 0 Å². The van der Waals surface area contributed by atoms with E-state index in [1.54, 1.807) is 6.92 Å². The van der Waals surface area contributed by atoms with Gasteiger partial charge in [-0.3, -0.25) is 9.59 Å². The highest BCUT2D eigenvalue weighted by Crippen LogP contribution is 2.45. The van der Waals surface area contributed by atoms with E-state index in [0.717, 1.165) is 12.0 Å². The van der Waals surface area contributed by atoms with Crippen molar-refractivity contribution in [1.82, 2.24) is 9.96 Å². The molecule has 0 aromatic carbocycles. The third-order valence-corrected chi connectivity index (χ3v) is 6.90. The van der Waals surface area contributed by atoms with Crippen molar-refractivity contribution in [1.29, 1.82) is 0 Å². The lowest BCUT2D eigenvalue weighted by atomic mass is 9.70. The Hall–Kier alpha value is -1.46. The molecule has 2 unspecified atom stereocenters. The van der Waals surface area contributed by atoms with Gasteiger partial charge in [-0.1, -0.05) is 30.2 Å². The number of ketones is 1. The minimum absolute atomic E-state index is 0.116. The molecule has 0 radical (unpaired) electrons.